The summed E-state index contributed by atoms with van der Waals surface area (Å²) in [4.78, 5) is 0. The highest BCUT2D eigenvalue weighted by Gasteiger charge is 2.33. The molecule has 1 N–H and O–H groups in total. The molecule has 1 heterocycles. The Hall–Kier alpha value is -0.860. The highest BCUT2D eigenvalue weighted by atomic mass is 16.5. The maximum atomic E-state index is 9.93. The van der Waals surface area contributed by atoms with Crippen LogP contribution in [-0.2, 0) is 10.2 Å². The van der Waals surface area contributed by atoms with Gasteiger partial charge in [0.2, 0.25) is 0 Å². The SMILES string of the molecule is CCC(CO)(CC1CCOCC1)c1ccccc1. The number of rotatable bonds is 5. The number of hydrogen-bond donors (Lipinski definition) is 1. The summed E-state index contributed by atoms with van der Waals surface area (Å²) in [6.45, 7) is 4.18. The van der Waals surface area contributed by atoms with Gasteiger partial charge in [0.1, 0.15) is 0 Å². The molecule has 1 aliphatic heterocycles. The van der Waals surface area contributed by atoms with Crippen LogP contribution in [0.15, 0.2) is 30.3 Å². The smallest absolute Gasteiger partial charge is 0.0527 e. The van der Waals surface area contributed by atoms with Gasteiger partial charge in [-0.05, 0) is 37.2 Å². The Morgan fingerprint density at radius 1 is 1.22 bits per heavy atom. The van der Waals surface area contributed by atoms with Crippen molar-refractivity contribution >= 4 is 0 Å². The molecule has 18 heavy (non-hydrogen) atoms. The van der Waals surface area contributed by atoms with E-state index in [0.717, 1.165) is 38.9 Å². The van der Waals surface area contributed by atoms with E-state index in [2.05, 4.69) is 31.2 Å². The van der Waals surface area contributed by atoms with Gasteiger partial charge in [-0.2, -0.15) is 0 Å². The van der Waals surface area contributed by atoms with Gasteiger partial charge in [-0.15, -0.1) is 0 Å². The Bertz CT molecular complexity index is 337. The predicted octanol–water partition coefficient (Wildman–Crippen LogP) is 3.14. The monoisotopic (exact) mass is 248 g/mol. The average molecular weight is 248 g/mol. The summed E-state index contributed by atoms with van der Waals surface area (Å²) in [5.41, 5.74) is 1.21. The Kier molecular flexibility index (Phi) is 4.79. The average Bonchev–Trinajstić information content (AvgIpc) is 2.47. The first-order valence-electron chi connectivity index (χ1n) is 7.05. The Balaban J connectivity index is 2.15. The van der Waals surface area contributed by atoms with Gasteiger partial charge in [0.25, 0.3) is 0 Å². The molecule has 1 unspecified atom stereocenters. The first-order chi connectivity index (χ1) is 8.80. The van der Waals surface area contributed by atoms with Crippen LogP contribution in [0.2, 0.25) is 0 Å². The Morgan fingerprint density at radius 2 is 1.89 bits per heavy atom. The van der Waals surface area contributed by atoms with Crippen molar-refractivity contribution in [2.75, 3.05) is 19.8 Å². The van der Waals surface area contributed by atoms with Crippen molar-refractivity contribution in [3.63, 3.8) is 0 Å². The van der Waals surface area contributed by atoms with E-state index in [1.807, 2.05) is 6.07 Å². The second kappa shape index (κ2) is 6.35. The van der Waals surface area contributed by atoms with Crippen molar-refractivity contribution in [1.82, 2.24) is 0 Å². The van der Waals surface area contributed by atoms with Crippen molar-refractivity contribution in [2.24, 2.45) is 5.92 Å². The molecule has 0 radical (unpaired) electrons. The second-order valence-corrected chi connectivity index (χ2v) is 5.42. The minimum atomic E-state index is -0.0662. The summed E-state index contributed by atoms with van der Waals surface area (Å²) in [5, 5.41) is 9.93. The van der Waals surface area contributed by atoms with E-state index in [0.29, 0.717) is 5.92 Å². The molecule has 0 aromatic heterocycles. The third-order valence-electron chi connectivity index (χ3n) is 4.39. The fraction of sp³-hybridized carbons (Fsp3) is 0.625. The van der Waals surface area contributed by atoms with Gasteiger partial charge < -0.3 is 9.84 Å². The van der Waals surface area contributed by atoms with Gasteiger partial charge in [0, 0.05) is 18.6 Å². The highest BCUT2D eigenvalue weighted by molar-refractivity contribution is 5.25. The maximum absolute atomic E-state index is 9.93. The van der Waals surface area contributed by atoms with Crippen LogP contribution in [0.1, 0.15) is 38.2 Å². The van der Waals surface area contributed by atoms with Crippen LogP contribution < -0.4 is 0 Å². The summed E-state index contributed by atoms with van der Waals surface area (Å²) in [5.74, 6) is 0.686. The van der Waals surface area contributed by atoms with E-state index in [4.69, 9.17) is 4.74 Å². The molecule has 1 aliphatic rings. The Morgan fingerprint density at radius 3 is 2.44 bits per heavy atom. The van der Waals surface area contributed by atoms with E-state index < -0.39 is 0 Å². The summed E-state index contributed by atoms with van der Waals surface area (Å²) in [6, 6.07) is 10.5. The number of hydrogen-bond acceptors (Lipinski definition) is 2. The highest BCUT2D eigenvalue weighted by Crippen LogP contribution is 2.37. The fourth-order valence-corrected chi connectivity index (χ4v) is 3.03. The van der Waals surface area contributed by atoms with Crippen LogP contribution >= 0.6 is 0 Å². The van der Waals surface area contributed by atoms with Gasteiger partial charge in [-0.3, -0.25) is 0 Å². The first-order valence-corrected chi connectivity index (χ1v) is 7.05. The van der Waals surface area contributed by atoms with Crippen LogP contribution in [0.25, 0.3) is 0 Å². The predicted molar refractivity (Wildman–Crippen MR) is 73.7 cm³/mol. The van der Waals surface area contributed by atoms with Gasteiger partial charge >= 0.3 is 0 Å². The van der Waals surface area contributed by atoms with E-state index >= 15 is 0 Å². The lowest BCUT2D eigenvalue weighted by molar-refractivity contribution is 0.0476. The molecule has 2 nitrogen and oxygen atoms in total. The van der Waals surface area contributed by atoms with Crippen molar-refractivity contribution < 1.29 is 9.84 Å². The van der Waals surface area contributed by atoms with E-state index in [-0.39, 0.29) is 12.0 Å². The normalized spacial score (nSPS) is 20.6. The topological polar surface area (TPSA) is 29.5 Å². The molecule has 2 heteroatoms. The summed E-state index contributed by atoms with van der Waals surface area (Å²) in [6.07, 6.45) is 4.33. The zero-order valence-corrected chi connectivity index (χ0v) is 11.3. The van der Waals surface area contributed by atoms with Crippen LogP contribution in [0.4, 0.5) is 0 Å². The maximum Gasteiger partial charge on any atom is 0.0527 e. The van der Waals surface area contributed by atoms with Crippen LogP contribution in [0.5, 0.6) is 0 Å². The standard InChI is InChI=1S/C16H24O2/c1-2-16(13-17,15-6-4-3-5-7-15)12-14-8-10-18-11-9-14/h3-7,14,17H,2,8-13H2,1H3. The molecule has 1 aromatic rings. The molecular formula is C16H24O2. The molecule has 0 aliphatic carbocycles. The molecule has 1 atom stereocenters. The van der Waals surface area contributed by atoms with Crippen molar-refractivity contribution in [2.45, 2.75) is 38.0 Å². The second-order valence-electron chi connectivity index (χ2n) is 5.42. The molecule has 1 aromatic carbocycles. The number of aliphatic hydroxyl groups excluding tert-OH is 1. The van der Waals surface area contributed by atoms with Crippen molar-refractivity contribution in [3.05, 3.63) is 35.9 Å². The van der Waals surface area contributed by atoms with Crippen LogP contribution in [-0.4, -0.2) is 24.9 Å². The molecule has 1 fully saturated rings. The lowest BCUT2D eigenvalue weighted by Gasteiger charge is -2.36. The Labute approximate surface area is 110 Å². The van der Waals surface area contributed by atoms with Gasteiger partial charge in [-0.25, -0.2) is 0 Å². The molecule has 0 amide bonds. The number of benzene rings is 1. The molecule has 2 rings (SSSR count). The van der Waals surface area contributed by atoms with Crippen molar-refractivity contribution in [3.8, 4) is 0 Å². The van der Waals surface area contributed by atoms with Crippen molar-refractivity contribution in [1.29, 1.82) is 0 Å². The molecular weight excluding hydrogens is 224 g/mol. The summed E-state index contributed by atoms with van der Waals surface area (Å²) >= 11 is 0. The summed E-state index contributed by atoms with van der Waals surface area (Å²) in [7, 11) is 0. The van der Waals surface area contributed by atoms with E-state index in [9.17, 15) is 5.11 Å². The quantitative estimate of drug-likeness (QED) is 0.867. The van der Waals surface area contributed by atoms with E-state index in [1.54, 1.807) is 0 Å². The zero-order valence-electron chi connectivity index (χ0n) is 11.3. The lowest BCUT2D eigenvalue weighted by atomic mass is 9.71. The van der Waals surface area contributed by atoms with Gasteiger partial charge in [0.15, 0.2) is 0 Å². The lowest BCUT2D eigenvalue weighted by Crippen LogP contribution is -2.34. The van der Waals surface area contributed by atoms with E-state index in [1.165, 1.54) is 5.56 Å². The van der Waals surface area contributed by atoms with Crippen LogP contribution in [0.3, 0.4) is 0 Å². The fourth-order valence-electron chi connectivity index (χ4n) is 3.03. The number of ether oxygens (including phenoxy) is 1. The molecule has 0 bridgehead atoms. The molecule has 0 spiro atoms. The summed E-state index contributed by atoms with van der Waals surface area (Å²) < 4.78 is 5.42. The van der Waals surface area contributed by atoms with Gasteiger partial charge in [0.05, 0.1) is 6.61 Å². The minimum Gasteiger partial charge on any atom is -0.395 e. The van der Waals surface area contributed by atoms with Crippen LogP contribution in [0, 0.1) is 5.92 Å². The zero-order chi connectivity index (χ0) is 12.8. The largest absolute Gasteiger partial charge is 0.395 e. The first kappa shape index (κ1) is 13.6. The minimum absolute atomic E-state index is 0.0662. The van der Waals surface area contributed by atoms with Gasteiger partial charge in [-0.1, -0.05) is 37.3 Å². The molecule has 100 valence electrons. The molecule has 1 saturated heterocycles. The third kappa shape index (κ3) is 2.93. The molecule has 0 saturated carbocycles. The third-order valence-corrected chi connectivity index (χ3v) is 4.39. The number of aliphatic hydroxyl groups is 1.